The summed E-state index contributed by atoms with van der Waals surface area (Å²) in [5.74, 6) is 1.38. The van der Waals surface area contributed by atoms with Gasteiger partial charge in [0.1, 0.15) is 6.61 Å². The molecule has 2 heterocycles. The Bertz CT molecular complexity index is 452. The first kappa shape index (κ1) is 14.9. The van der Waals surface area contributed by atoms with Crippen LogP contribution in [0, 0.1) is 0 Å². The molecule has 1 N–H and O–H groups in total. The molecule has 7 nitrogen and oxygen atoms in total. The first-order valence-corrected chi connectivity index (χ1v) is 6.99. The van der Waals surface area contributed by atoms with E-state index in [0.717, 1.165) is 18.9 Å². The monoisotopic (exact) mass is 282 g/mol. The fraction of sp³-hybridized carbons (Fsp3) is 0.769. The minimum absolute atomic E-state index is 0.0429. The third-order valence-corrected chi connectivity index (χ3v) is 3.68. The maximum absolute atomic E-state index is 11.4. The molecule has 7 heteroatoms. The predicted octanol–water partition coefficient (Wildman–Crippen LogP) is 0.391. The summed E-state index contributed by atoms with van der Waals surface area (Å²) in [6, 6.07) is 0.0429. The summed E-state index contributed by atoms with van der Waals surface area (Å²) in [4.78, 5) is 19.7. The summed E-state index contributed by atoms with van der Waals surface area (Å²) in [5.41, 5.74) is 0. The minimum Gasteiger partial charge on any atom is -0.387 e. The second-order valence-corrected chi connectivity index (χ2v) is 5.40. The Morgan fingerprint density at radius 1 is 1.30 bits per heavy atom. The summed E-state index contributed by atoms with van der Waals surface area (Å²) in [6.45, 7) is 8.39. The van der Waals surface area contributed by atoms with Gasteiger partial charge in [0.2, 0.25) is 11.8 Å². The van der Waals surface area contributed by atoms with Gasteiger partial charge in [0.05, 0.1) is 6.04 Å². The van der Waals surface area contributed by atoms with E-state index in [0.29, 0.717) is 19.0 Å². The van der Waals surface area contributed by atoms with Crippen LogP contribution >= 0.6 is 0 Å². The van der Waals surface area contributed by atoms with Gasteiger partial charge >= 0.3 is 0 Å². The number of carbonyl (C=O) groups is 1. The van der Waals surface area contributed by atoms with Gasteiger partial charge in [-0.3, -0.25) is 9.69 Å². The number of hydrogen-bond donors (Lipinski definition) is 1. The van der Waals surface area contributed by atoms with E-state index in [2.05, 4.69) is 15.0 Å². The van der Waals surface area contributed by atoms with Gasteiger partial charge in [-0.05, 0) is 6.92 Å². The number of aliphatic hydroxyl groups is 1. The number of aromatic nitrogens is 2. The zero-order chi connectivity index (χ0) is 14.7. The van der Waals surface area contributed by atoms with E-state index < -0.39 is 6.61 Å². The van der Waals surface area contributed by atoms with Crippen molar-refractivity contribution < 1.29 is 14.4 Å². The van der Waals surface area contributed by atoms with Crippen molar-refractivity contribution in [3.05, 3.63) is 11.7 Å². The molecule has 1 amide bonds. The van der Waals surface area contributed by atoms with E-state index in [4.69, 9.17) is 9.63 Å². The molecule has 1 aromatic rings. The van der Waals surface area contributed by atoms with Gasteiger partial charge in [-0.15, -0.1) is 0 Å². The molecule has 1 aliphatic rings. The molecule has 0 aromatic carbocycles. The first-order valence-electron chi connectivity index (χ1n) is 6.99. The van der Waals surface area contributed by atoms with Crippen LogP contribution in [0.4, 0.5) is 0 Å². The molecular weight excluding hydrogens is 260 g/mol. The van der Waals surface area contributed by atoms with Crippen LogP contribution < -0.4 is 0 Å². The van der Waals surface area contributed by atoms with Crippen molar-refractivity contribution in [1.82, 2.24) is 19.9 Å². The van der Waals surface area contributed by atoms with Crippen molar-refractivity contribution in [3.63, 3.8) is 0 Å². The van der Waals surface area contributed by atoms with E-state index in [1.165, 1.54) is 0 Å². The van der Waals surface area contributed by atoms with Crippen molar-refractivity contribution in [2.24, 2.45) is 0 Å². The van der Waals surface area contributed by atoms with Crippen LogP contribution in [0.3, 0.4) is 0 Å². The Balaban J connectivity index is 1.94. The highest BCUT2D eigenvalue weighted by molar-refractivity contribution is 5.77. The zero-order valence-corrected chi connectivity index (χ0v) is 12.2. The van der Waals surface area contributed by atoms with Gasteiger partial charge < -0.3 is 14.5 Å². The Morgan fingerprint density at radius 3 is 2.45 bits per heavy atom. The molecule has 1 aromatic heterocycles. The minimum atomic E-state index is -0.420. The molecule has 1 unspecified atom stereocenters. The molecule has 2 rings (SSSR count). The average Bonchev–Trinajstić information content (AvgIpc) is 2.96. The summed E-state index contributed by atoms with van der Waals surface area (Å²) >= 11 is 0. The highest BCUT2D eigenvalue weighted by atomic mass is 16.5. The maximum atomic E-state index is 11.4. The lowest BCUT2D eigenvalue weighted by Crippen LogP contribution is -2.50. The molecular formula is C13H22N4O3. The van der Waals surface area contributed by atoms with Gasteiger partial charge in [-0.1, -0.05) is 19.0 Å². The smallest absolute Gasteiger partial charge is 0.248 e. The fourth-order valence-electron chi connectivity index (χ4n) is 2.27. The van der Waals surface area contributed by atoms with Gasteiger partial charge in [-0.25, -0.2) is 0 Å². The third-order valence-electron chi connectivity index (χ3n) is 3.68. The number of piperazine rings is 1. The zero-order valence-electron chi connectivity index (χ0n) is 12.2. The van der Waals surface area contributed by atoms with Crippen LogP contribution in [0.1, 0.15) is 44.4 Å². The Kier molecular flexibility index (Phi) is 4.72. The molecule has 112 valence electrons. The lowest BCUT2D eigenvalue weighted by atomic mass is 10.2. The predicted molar refractivity (Wildman–Crippen MR) is 72.0 cm³/mol. The van der Waals surface area contributed by atoms with Gasteiger partial charge in [0.15, 0.2) is 5.82 Å². The van der Waals surface area contributed by atoms with Crippen molar-refractivity contribution in [2.75, 3.05) is 32.8 Å². The SMILES string of the molecule is CC(C)c1noc(C(C)N2CCN(C(=O)CO)CC2)n1. The number of nitrogens with zero attached hydrogens (tertiary/aromatic N) is 4. The number of carbonyl (C=O) groups excluding carboxylic acids is 1. The topological polar surface area (TPSA) is 82.7 Å². The van der Waals surface area contributed by atoms with Crippen molar-refractivity contribution in [2.45, 2.75) is 32.7 Å². The van der Waals surface area contributed by atoms with Crippen LogP contribution in [-0.4, -0.2) is 63.7 Å². The van der Waals surface area contributed by atoms with Gasteiger partial charge in [-0.2, -0.15) is 4.98 Å². The fourth-order valence-corrected chi connectivity index (χ4v) is 2.27. The Hall–Kier alpha value is -1.47. The Morgan fingerprint density at radius 2 is 1.95 bits per heavy atom. The van der Waals surface area contributed by atoms with Crippen LogP contribution in [0.5, 0.6) is 0 Å². The lowest BCUT2D eigenvalue weighted by Gasteiger charge is -2.36. The number of hydrogen-bond acceptors (Lipinski definition) is 6. The first-order chi connectivity index (χ1) is 9.52. The lowest BCUT2D eigenvalue weighted by molar-refractivity contribution is -0.136. The Labute approximate surface area is 118 Å². The normalized spacial score (nSPS) is 18.6. The maximum Gasteiger partial charge on any atom is 0.248 e. The molecule has 1 atom stereocenters. The van der Waals surface area contributed by atoms with Crippen LogP contribution in [0.25, 0.3) is 0 Å². The molecule has 1 saturated heterocycles. The van der Waals surface area contributed by atoms with E-state index in [9.17, 15) is 4.79 Å². The molecule has 0 radical (unpaired) electrons. The molecule has 0 spiro atoms. The molecule has 20 heavy (non-hydrogen) atoms. The van der Waals surface area contributed by atoms with Crippen molar-refractivity contribution in [1.29, 1.82) is 0 Å². The van der Waals surface area contributed by atoms with E-state index in [-0.39, 0.29) is 17.9 Å². The highest BCUT2D eigenvalue weighted by Gasteiger charge is 2.27. The number of amides is 1. The summed E-state index contributed by atoms with van der Waals surface area (Å²) < 4.78 is 5.31. The molecule has 1 fully saturated rings. The van der Waals surface area contributed by atoms with Crippen molar-refractivity contribution >= 4 is 5.91 Å². The molecule has 0 bridgehead atoms. The standard InChI is InChI=1S/C13H22N4O3/c1-9(2)12-14-13(20-15-12)10(3)16-4-6-17(7-5-16)11(19)8-18/h9-10,18H,4-8H2,1-3H3. The van der Waals surface area contributed by atoms with E-state index in [1.807, 2.05) is 20.8 Å². The molecule has 0 saturated carbocycles. The van der Waals surface area contributed by atoms with E-state index >= 15 is 0 Å². The largest absolute Gasteiger partial charge is 0.387 e. The summed E-state index contributed by atoms with van der Waals surface area (Å²) in [7, 11) is 0. The van der Waals surface area contributed by atoms with Crippen LogP contribution in [-0.2, 0) is 4.79 Å². The summed E-state index contributed by atoms with van der Waals surface area (Å²) in [6.07, 6.45) is 0. The average molecular weight is 282 g/mol. The quantitative estimate of drug-likeness (QED) is 0.860. The van der Waals surface area contributed by atoms with Gasteiger partial charge in [0.25, 0.3) is 0 Å². The molecule has 0 aliphatic carbocycles. The second kappa shape index (κ2) is 6.32. The van der Waals surface area contributed by atoms with Crippen LogP contribution in [0.15, 0.2) is 4.52 Å². The summed E-state index contributed by atoms with van der Waals surface area (Å²) in [5, 5.41) is 12.8. The third kappa shape index (κ3) is 3.16. The van der Waals surface area contributed by atoms with Crippen molar-refractivity contribution in [3.8, 4) is 0 Å². The number of rotatable bonds is 4. The highest BCUT2D eigenvalue weighted by Crippen LogP contribution is 2.21. The molecule has 1 aliphatic heterocycles. The van der Waals surface area contributed by atoms with Crippen LogP contribution in [0.2, 0.25) is 0 Å². The van der Waals surface area contributed by atoms with E-state index in [1.54, 1.807) is 4.90 Å². The second-order valence-electron chi connectivity index (χ2n) is 5.40. The number of aliphatic hydroxyl groups excluding tert-OH is 1. The van der Waals surface area contributed by atoms with Gasteiger partial charge in [0, 0.05) is 32.1 Å².